The molecule has 3 nitrogen and oxygen atoms in total. The quantitative estimate of drug-likeness (QED) is 0.874. The molecule has 0 unspecified atom stereocenters. The van der Waals surface area contributed by atoms with Gasteiger partial charge >= 0.3 is 6.09 Å². The molecule has 1 aromatic rings. The third-order valence-corrected chi connectivity index (χ3v) is 2.98. The minimum absolute atomic E-state index is 0.424. The number of carbonyl (C=O) groups excluding carboxylic acids is 1. The Morgan fingerprint density at radius 3 is 2.61 bits per heavy atom. The molecule has 100 valence electrons. The highest BCUT2D eigenvalue weighted by atomic mass is 79.9. The number of hydrogen-bond donors (Lipinski definition) is 1. The van der Waals surface area contributed by atoms with Crippen LogP contribution in [0.4, 0.5) is 10.5 Å². The number of hydrogen-bond acceptors (Lipinski definition) is 2. The average molecular weight is 314 g/mol. The Labute approximate surface area is 117 Å². The van der Waals surface area contributed by atoms with Crippen molar-refractivity contribution in [1.29, 1.82) is 0 Å². The molecule has 0 atom stereocenters. The lowest BCUT2D eigenvalue weighted by atomic mass is 10.1. The number of halogens is 1. The molecule has 0 bridgehead atoms. The normalized spacial score (nSPS) is 11.2. The monoisotopic (exact) mass is 313 g/mol. The topological polar surface area (TPSA) is 38.3 Å². The fourth-order valence-corrected chi connectivity index (χ4v) is 1.98. The number of carbonyl (C=O) groups is 1. The average Bonchev–Trinajstić information content (AvgIpc) is 2.20. The summed E-state index contributed by atoms with van der Waals surface area (Å²) in [5.74, 6) is 0. The predicted molar refractivity (Wildman–Crippen MR) is 78.0 cm³/mol. The van der Waals surface area contributed by atoms with Crippen LogP contribution in [0.5, 0.6) is 0 Å². The fourth-order valence-electron chi connectivity index (χ4n) is 1.53. The molecule has 1 N–H and O–H groups in total. The Hall–Kier alpha value is -1.03. The van der Waals surface area contributed by atoms with Crippen molar-refractivity contribution in [3.8, 4) is 0 Å². The van der Waals surface area contributed by atoms with Gasteiger partial charge < -0.3 is 4.74 Å². The number of amides is 1. The Bertz CT molecular complexity index is 424. The van der Waals surface area contributed by atoms with E-state index in [4.69, 9.17) is 4.74 Å². The maximum absolute atomic E-state index is 11.6. The highest BCUT2D eigenvalue weighted by molar-refractivity contribution is 9.10. The first-order chi connectivity index (χ1) is 8.31. The van der Waals surface area contributed by atoms with Gasteiger partial charge in [-0.1, -0.05) is 29.3 Å². The first-order valence-electron chi connectivity index (χ1n) is 6.10. The summed E-state index contributed by atoms with van der Waals surface area (Å²) >= 11 is 3.50. The Morgan fingerprint density at radius 2 is 2.06 bits per heavy atom. The van der Waals surface area contributed by atoms with Crippen molar-refractivity contribution >= 4 is 27.7 Å². The van der Waals surface area contributed by atoms with Gasteiger partial charge in [0, 0.05) is 10.2 Å². The van der Waals surface area contributed by atoms with E-state index in [0.29, 0.717) is 0 Å². The largest absolute Gasteiger partial charge is 0.444 e. The van der Waals surface area contributed by atoms with E-state index >= 15 is 0 Å². The van der Waals surface area contributed by atoms with Crippen LogP contribution in [-0.2, 0) is 11.2 Å². The van der Waals surface area contributed by atoms with Gasteiger partial charge in [-0.25, -0.2) is 4.79 Å². The van der Waals surface area contributed by atoms with Gasteiger partial charge in [0.15, 0.2) is 0 Å². The summed E-state index contributed by atoms with van der Waals surface area (Å²) in [6.45, 7) is 7.66. The second-order valence-corrected chi connectivity index (χ2v) is 6.04. The molecule has 1 amide bonds. The minimum atomic E-state index is -0.480. The van der Waals surface area contributed by atoms with Crippen LogP contribution in [-0.4, -0.2) is 11.7 Å². The minimum Gasteiger partial charge on any atom is -0.444 e. The Kier molecular flexibility index (Phi) is 5.20. The number of benzene rings is 1. The van der Waals surface area contributed by atoms with Crippen LogP contribution in [0.25, 0.3) is 0 Å². The number of ether oxygens (including phenoxy) is 1. The standard InChI is InChI=1S/C14H20BrNO2/c1-5-6-10-9-11(7-8-12(10)15)16-13(17)18-14(2,3)4/h7-9H,5-6H2,1-4H3,(H,16,17). The van der Waals surface area contributed by atoms with E-state index in [2.05, 4.69) is 28.2 Å². The molecule has 18 heavy (non-hydrogen) atoms. The van der Waals surface area contributed by atoms with Gasteiger partial charge in [-0.2, -0.15) is 0 Å². The second-order valence-electron chi connectivity index (χ2n) is 5.18. The zero-order chi connectivity index (χ0) is 13.8. The molecule has 0 fully saturated rings. The van der Waals surface area contributed by atoms with E-state index in [0.717, 1.165) is 23.0 Å². The molecule has 1 aromatic carbocycles. The highest BCUT2D eigenvalue weighted by Crippen LogP contribution is 2.23. The van der Waals surface area contributed by atoms with Crippen LogP contribution in [0.3, 0.4) is 0 Å². The second kappa shape index (κ2) is 6.23. The van der Waals surface area contributed by atoms with Gasteiger partial charge in [-0.05, 0) is 51.0 Å². The molecule has 0 saturated carbocycles. The number of nitrogens with one attached hydrogen (secondary N) is 1. The molecule has 0 aliphatic heterocycles. The SMILES string of the molecule is CCCc1cc(NC(=O)OC(C)(C)C)ccc1Br. The molecule has 0 heterocycles. The third kappa shape index (κ3) is 5.08. The lowest BCUT2D eigenvalue weighted by Gasteiger charge is -2.20. The number of aryl methyl sites for hydroxylation is 1. The van der Waals surface area contributed by atoms with E-state index in [1.807, 2.05) is 39.0 Å². The molecule has 4 heteroatoms. The molecule has 0 radical (unpaired) electrons. The fraction of sp³-hybridized carbons (Fsp3) is 0.500. The van der Waals surface area contributed by atoms with Gasteiger partial charge in [-0.15, -0.1) is 0 Å². The van der Waals surface area contributed by atoms with E-state index in [9.17, 15) is 4.79 Å². The zero-order valence-corrected chi connectivity index (χ0v) is 12.9. The summed E-state index contributed by atoms with van der Waals surface area (Å²) in [6, 6.07) is 5.77. The van der Waals surface area contributed by atoms with Crippen LogP contribution >= 0.6 is 15.9 Å². The van der Waals surface area contributed by atoms with Crippen molar-refractivity contribution in [3.05, 3.63) is 28.2 Å². The van der Waals surface area contributed by atoms with Gasteiger partial charge in [0.1, 0.15) is 5.60 Å². The summed E-state index contributed by atoms with van der Waals surface area (Å²) in [7, 11) is 0. The van der Waals surface area contributed by atoms with Crippen molar-refractivity contribution in [2.24, 2.45) is 0 Å². The number of anilines is 1. The summed E-state index contributed by atoms with van der Waals surface area (Å²) in [4.78, 5) is 11.6. The first-order valence-corrected chi connectivity index (χ1v) is 6.89. The summed E-state index contributed by atoms with van der Waals surface area (Å²) in [5.41, 5.74) is 1.47. The van der Waals surface area contributed by atoms with Crippen LogP contribution in [0, 0.1) is 0 Å². The summed E-state index contributed by atoms with van der Waals surface area (Å²) in [6.07, 6.45) is 1.62. The van der Waals surface area contributed by atoms with Gasteiger partial charge in [-0.3, -0.25) is 5.32 Å². The molecule has 0 spiro atoms. The van der Waals surface area contributed by atoms with Gasteiger partial charge in [0.05, 0.1) is 0 Å². The third-order valence-electron chi connectivity index (χ3n) is 2.21. The van der Waals surface area contributed by atoms with Crippen molar-refractivity contribution in [2.75, 3.05) is 5.32 Å². The number of rotatable bonds is 3. The van der Waals surface area contributed by atoms with E-state index < -0.39 is 11.7 Å². The van der Waals surface area contributed by atoms with Crippen molar-refractivity contribution in [1.82, 2.24) is 0 Å². The van der Waals surface area contributed by atoms with E-state index in [1.54, 1.807) is 0 Å². The van der Waals surface area contributed by atoms with Crippen molar-refractivity contribution in [3.63, 3.8) is 0 Å². The summed E-state index contributed by atoms with van der Waals surface area (Å²) in [5, 5.41) is 2.74. The van der Waals surface area contributed by atoms with Crippen LogP contribution in [0.1, 0.15) is 39.7 Å². The lowest BCUT2D eigenvalue weighted by Crippen LogP contribution is -2.27. The summed E-state index contributed by atoms with van der Waals surface area (Å²) < 4.78 is 6.28. The van der Waals surface area contributed by atoms with E-state index in [1.165, 1.54) is 5.56 Å². The molecule has 0 saturated heterocycles. The van der Waals surface area contributed by atoms with Crippen LogP contribution in [0.15, 0.2) is 22.7 Å². The highest BCUT2D eigenvalue weighted by Gasteiger charge is 2.16. The molecule has 0 aliphatic carbocycles. The molecular formula is C14H20BrNO2. The Morgan fingerprint density at radius 1 is 1.39 bits per heavy atom. The molecule has 0 aromatic heterocycles. The van der Waals surface area contributed by atoms with Gasteiger partial charge in [0.2, 0.25) is 0 Å². The predicted octanol–water partition coefficient (Wildman–Crippen LogP) is 4.75. The smallest absolute Gasteiger partial charge is 0.412 e. The molecule has 0 aliphatic rings. The van der Waals surface area contributed by atoms with Gasteiger partial charge in [0.25, 0.3) is 0 Å². The first kappa shape index (κ1) is 15.0. The maximum Gasteiger partial charge on any atom is 0.412 e. The lowest BCUT2D eigenvalue weighted by molar-refractivity contribution is 0.0636. The molecule has 1 rings (SSSR count). The van der Waals surface area contributed by atoms with Crippen LogP contribution in [0.2, 0.25) is 0 Å². The van der Waals surface area contributed by atoms with Crippen molar-refractivity contribution in [2.45, 2.75) is 46.1 Å². The maximum atomic E-state index is 11.6. The molecular weight excluding hydrogens is 294 g/mol. The van der Waals surface area contributed by atoms with Crippen molar-refractivity contribution < 1.29 is 9.53 Å². The van der Waals surface area contributed by atoms with E-state index in [-0.39, 0.29) is 0 Å². The van der Waals surface area contributed by atoms with Crippen LogP contribution < -0.4 is 5.32 Å². The Balaban J connectivity index is 2.73. The zero-order valence-electron chi connectivity index (χ0n) is 11.3.